The van der Waals surface area contributed by atoms with Crippen LogP contribution in [-0.4, -0.2) is 11.5 Å². The molecule has 2 N–H and O–H groups in total. The van der Waals surface area contributed by atoms with Crippen LogP contribution in [-0.2, 0) is 0 Å². The Morgan fingerprint density at radius 1 is 1.24 bits per heavy atom. The van der Waals surface area contributed by atoms with E-state index in [0.29, 0.717) is 6.04 Å². The van der Waals surface area contributed by atoms with E-state index in [0.717, 1.165) is 29.4 Å². The van der Waals surface area contributed by atoms with Gasteiger partial charge in [0.1, 0.15) is 0 Å². The third kappa shape index (κ3) is 1.67. The second-order valence-corrected chi connectivity index (χ2v) is 4.69. The van der Waals surface area contributed by atoms with Crippen molar-refractivity contribution in [1.82, 2.24) is 10.3 Å². The molecule has 1 fully saturated rings. The smallest absolute Gasteiger partial charge is 0.256 e. The molecule has 0 aliphatic carbocycles. The lowest BCUT2D eigenvalue weighted by atomic mass is 9.97. The predicted molar refractivity (Wildman–Crippen MR) is 69.3 cm³/mol. The first-order valence-corrected chi connectivity index (χ1v) is 6.12. The molecule has 1 aliphatic heterocycles. The molecule has 1 atom stereocenters. The molecule has 0 saturated carbocycles. The second-order valence-electron chi connectivity index (χ2n) is 4.69. The molecule has 2 aromatic rings. The first-order chi connectivity index (χ1) is 8.27. The highest BCUT2D eigenvalue weighted by Crippen LogP contribution is 2.29. The van der Waals surface area contributed by atoms with Crippen LogP contribution in [0.25, 0.3) is 10.8 Å². The van der Waals surface area contributed by atoms with Crippen LogP contribution in [0.3, 0.4) is 0 Å². The van der Waals surface area contributed by atoms with Gasteiger partial charge in [-0.25, -0.2) is 0 Å². The van der Waals surface area contributed by atoms with Gasteiger partial charge in [-0.1, -0.05) is 18.2 Å². The molecule has 88 valence electrons. The maximum Gasteiger partial charge on any atom is 0.256 e. The Balaban J connectivity index is 2.32. The van der Waals surface area contributed by atoms with Gasteiger partial charge in [0.05, 0.1) is 0 Å². The fourth-order valence-corrected chi connectivity index (χ4v) is 2.80. The Morgan fingerprint density at radius 2 is 2.00 bits per heavy atom. The van der Waals surface area contributed by atoms with Gasteiger partial charge in [0.2, 0.25) is 0 Å². The van der Waals surface area contributed by atoms with Gasteiger partial charge in [-0.15, -0.1) is 0 Å². The number of pyridine rings is 1. The van der Waals surface area contributed by atoms with E-state index in [1.807, 2.05) is 31.2 Å². The van der Waals surface area contributed by atoms with Crippen LogP contribution in [0, 0.1) is 6.92 Å². The second kappa shape index (κ2) is 4.00. The number of hydrogen-bond acceptors (Lipinski definition) is 2. The summed E-state index contributed by atoms with van der Waals surface area (Å²) in [6, 6.07) is 8.24. The van der Waals surface area contributed by atoms with Crippen LogP contribution in [0.2, 0.25) is 0 Å². The van der Waals surface area contributed by atoms with E-state index in [1.165, 1.54) is 12.0 Å². The lowest BCUT2D eigenvalue weighted by molar-refractivity contribution is 0.645. The van der Waals surface area contributed by atoms with Gasteiger partial charge in [-0.05, 0) is 43.3 Å². The van der Waals surface area contributed by atoms with Gasteiger partial charge >= 0.3 is 0 Å². The lowest BCUT2D eigenvalue weighted by Gasteiger charge is -2.16. The number of fused-ring (bicyclic) bond motifs is 1. The number of benzene rings is 1. The summed E-state index contributed by atoms with van der Waals surface area (Å²) in [5.74, 6) is 0. The monoisotopic (exact) mass is 228 g/mol. The third-order valence-corrected chi connectivity index (χ3v) is 3.58. The molecule has 1 unspecified atom stereocenters. The molecule has 3 nitrogen and oxygen atoms in total. The number of aryl methyl sites for hydroxylation is 1. The molecule has 2 heterocycles. The highest BCUT2D eigenvalue weighted by atomic mass is 16.1. The first-order valence-electron chi connectivity index (χ1n) is 6.12. The number of H-pyrrole nitrogens is 1. The van der Waals surface area contributed by atoms with Crippen molar-refractivity contribution in [1.29, 1.82) is 0 Å². The topological polar surface area (TPSA) is 44.9 Å². The van der Waals surface area contributed by atoms with Crippen molar-refractivity contribution >= 4 is 10.8 Å². The van der Waals surface area contributed by atoms with E-state index in [2.05, 4.69) is 10.3 Å². The molecule has 1 aliphatic rings. The highest BCUT2D eigenvalue weighted by Gasteiger charge is 2.21. The maximum atomic E-state index is 11.9. The van der Waals surface area contributed by atoms with Crippen LogP contribution >= 0.6 is 0 Å². The molecular weight excluding hydrogens is 212 g/mol. The summed E-state index contributed by atoms with van der Waals surface area (Å²) in [7, 11) is 0. The number of aromatic amines is 1. The minimum atomic E-state index is 0.0137. The van der Waals surface area contributed by atoms with Gasteiger partial charge in [0.15, 0.2) is 0 Å². The molecule has 17 heavy (non-hydrogen) atoms. The zero-order chi connectivity index (χ0) is 11.8. The summed E-state index contributed by atoms with van der Waals surface area (Å²) in [6.07, 6.45) is 2.36. The zero-order valence-corrected chi connectivity index (χ0v) is 9.92. The molecular formula is C14H16N2O. The fraction of sp³-hybridized carbons (Fsp3) is 0.357. The Bertz CT molecular complexity index is 609. The zero-order valence-electron chi connectivity index (χ0n) is 9.92. The fourth-order valence-electron chi connectivity index (χ4n) is 2.80. The standard InChI is InChI=1S/C14H16N2O/c1-9-13(12-7-4-8-15-12)10-5-2-3-6-11(10)14(17)16-9/h2-3,5-6,12,15H,4,7-8H2,1H3,(H,16,17). The molecule has 1 saturated heterocycles. The van der Waals surface area contributed by atoms with Crippen molar-refractivity contribution in [2.24, 2.45) is 0 Å². The van der Waals surface area contributed by atoms with E-state index >= 15 is 0 Å². The average molecular weight is 228 g/mol. The molecule has 1 aromatic heterocycles. The third-order valence-electron chi connectivity index (χ3n) is 3.58. The Labute approximate surface area is 99.9 Å². The van der Waals surface area contributed by atoms with E-state index in [1.54, 1.807) is 0 Å². The van der Waals surface area contributed by atoms with Gasteiger partial charge in [0.25, 0.3) is 5.56 Å². The summed E-state index contributed by atoms with van der Waals surface area (Å²) in [5.41, 5.74) is 2.27. The Morgan fingerprint density at radius 3 is 2.71 bits per heavy atom. The van der Waals surface area contributed by atoms with Crippen molar-refractivity contribution < 1.29 is 0 Å². The van der Waals surface area contributed by atoms with Crippen molar-refractivity contribution in [3.63, 3.8) is 0 Å². The molecule has 0 amide bonds. The molecule has 0 radical (unpaired) electrons. The van der Waals surface area contributed by atoms with E-state index in [4.69, 9.17) is 0 Å². The van der Waals surface area contributed by atoms with Gasteiger partial charge in [0, 0.05) is 17.1 Å². The predicted octanol–water partition coefficient (Wildman–Crippen LogP) is 2.26. The summed E-state index contributed by atoms with van der Waals surface area (Å²) in [4.78, 5) is 14.9. The van der Waals surface area contributed by atoms with E-state index in [9.17, 15) is 4.79 Å². The van der Waals surface area contributed by atoms with Crippen LogP contribution in [0.5, 0.6) is 0 Å². The number of hydrogen-bond donors (Lipinski definition) is 2. The van der Waals surface area contributed by atoms with Crippen molar-refractivity contribution in [2.45, 2.75) is 25.8 Å². The number of nitrogens with one attached hydrogen (secondary N) is 2. The van der Waals surface area contributed by atoms with Crippen LogP contribution in [0.15, 0.2) is 29.1 Å². The summed E-state index contributed by atoms with van der Waals surface area (Å²) < 4.78 is 0. The van der Waals surface area contributed by atoms with Crippen molar-refractivity contribution in [3.8, 4) is 0 Å². The summed E-state index contributed by atoms with van der Waals surface area (Å²) in [5, 5.41) is 5.39. The van der Waals surface area contributed by atoms with Crippen molar-refractivity contribution in [2.75, 3.05) is 6.54 Å². The molecule has 0 bridgehead atoms. The normalized spacial score (nSPS) is 19.9. The number of rotatable bonds is 1. The highest BCUT2D eigenvalue weighted by molar-refractivity contribution is 5.85. The van der Waals surface area contributed by atoms with Crippen LogP contribution in [0.4, 0.5) is 0 Å². The Kier molecular flexibility index (Phi) is 2.48. The SMILES string of the molecule is Cc1[nH]c(=O)c2ccccc2c1C1CCCN1. The molecule has 0 spiro atoms. The van der Waals surface area contributed by atoms with Crippen LogP contribution in [0.1, 0.15) is 30.1 Å². The Hall–Kier alpha value is -1.61. The lowest BCUT2D eigenvalue weighted by Crippen LogP contribution is -2.18. The number of aromatic nitrogens is 1. The van der Waals surface area contributed by atoms with Gasteiger partial charge < -0.3 is 10.3 Å². The molecule has 3 heteroatoms. The minimum absolute atomic E-state index is 0.0137. The average Bonchev–Trinajstić information content (AvgIpc) is 2.83. The summed E-state index contributed by atoms with van der Waals surface area (Å²) in [6.45, 7) is 3.06. The minimum Gasteiger partial charge on any atom is -0.326 e. The van der Waals surface area contributed by atoms with Crippen molar-refractivity contribution in [3.05, 3.63) is 45.9 Å². The summed E-state index contributed by atoms with van der Waals surface area (Å²) >= 11 is 0. The van der Waals surface area contributed by atoms with Crippen LogP contribution < -0.4 is 10.9 Å². The maximum absolute atomic E-state index is 11.9. The largest absolute Gasteiger partial charge is 0.326 e. The first kappa shape index (κ1) is 10.5. The van der Waals surface area contributed by atoms with Gasteiger partial charge in [-0.2, -0.15) is 0 Å². The molecule has 1 aromatic carbocycles. The van der Waals surface area contributed by atoms with E-state index in [-0.39, 0.29) is 5.56 Å². The molecule has 3 rings (SSSR count). The quantitative estimate of drug-likeness (QED) is 0.786. The van der Waals surface area contributed by atoms with Gasteiger partial charge in [-0.3, -0.25) is 4.79 Å². The van der Waals surface area contributed by atoms with E-state index < -0.39 is 0 Å².